The van der Waals surface area contributed by atoms with Gasteiger partial charge in [-0.25, -0.2) is 9.67 Å². The minimum absolute atomic E-state index is 0.179. The van der Waals surface area contributed by atoms with Crippen molar-refractivity contribution < 1.29 is 9.53 Å². The number of ether oxygens (including phenoxy) is 1. The zero-order valence-electron chi connectivity index (χ0n) is 17.7. The van der Waals surface area contributed by atoms with Crippen LogP contribution in [0.3, 0.4) is 0 Å². The predicted octanol–water partition coefficient (Wildman–Crippen LogP) is 2.68. The molecule has 1 aromatic carbocycles. The normalized spacial score (nSPS) is 10.8. The van der Waals surface area contributed by atoms with Crippen molar-refractivity contribution >= 4 is 23.3 Å². The van der Waals surface area contributed by atoms with Crippen LogP contribution < -0.4 is 15.4 Å². The summed E-state index contributed by atoms with van der Waals surface area (Å²) in [5, 5.41) is 18.2. The van der Waals surface area contributed by atoms with E-state index in [0.717, 1.165) is 36.5 Å². The number of aromatic nitrogens is 6. The molecule has 166 valence electrons. The predicted molar refractivity (Wildman–Crippen MR) is 118 cm³/mol. The first kappa shape index (κ1) is 22.5. The fourth-order valence-corrected chi connectivity index (χ4v) is 3.26. The lowest BCUT2D eigenvalue weighted by atomic mass is 10.1. The van der Waals surface area contributed by atoms with Crippen molar-refractivity contribution in [2.75, 3.05) is 25.5 Å². The molecule has 1 amide bonds. The Balaban J connectivity index is 1.51. The Morgan fingerprint density at radius 3 is 2.90 bits per heavy atom. The minimum Gasteiger partial charge on any atom is -0.496 e. The number of benzene rings is 1. The first-order chi connectivity index (χ1) is 15.1. The van der Waals surface area contributed by atoms with E-state index in [1.807, 2.05) is 24.3 Å². The van der Waals surface area contributed by atoms with Crippen molar-refractivity contribution in [3.05, 3.63) is 46.6 Å². The van der Waals surface area contributed by atoms with Gasteiger partial charge in [0.1, 0.15) is 11.4 Å². The molecule has 10 nitrogen and oxygen atoms in total. The highest BCUT2D eigenvalue weighted by atomic mass is 35.5. The lowest BCUT2D eigenvalue weighted by Gasteiger charge is -2.09. The molecule has 2 aromatic heterocycles. The molecule has 3 N–H and O–H groups in total. The zero-order valence-corrected chi connectivity index (χ0v) is 18.4. The quantitative estimate of drug-likeness (QED) is 0.365. The van der Waals surface area contributed by atoms with Crippen molar-refractivity contribution in [3.63, 3.8) is 0 Å². The number of carbonyl (C=O) groups is 1. The zero-order chi connectivity index (χ0) is 22.1. The Morgan fingerprint density at radius 1 is 1.26 bits per heavy atom. The highest BCUT2D eigenvalue weighted by Crippen LogP contribution is 2.20. The topological polar surface area (TPSA) is 123 Å². The molecule has 31 heavy (non-hydrogen) atoms. The van der Waals surface area contributed by atoms with E-state index < -0.39 is 0 Å². The first-order valence-electron chi connectivity index (χ1n) is 10.3. The third kappa shape index (κ3) is 6.17. The second-order valence-electron chi connectivity index (χ2n) is 6.95. The van der Waals surface area contributed by atoms with Crippen molar-refractivity contribution in [3.8, 4) is 5.75 Å². The Kier molecular flexibility index (Phi) is 8.22. The number of amides is 1. The molecular formula is C20H27ClN8O2. The summed E-state index contributed by atoms with van der Waals surface area (Å²) in [7, 11) is 1.64. The van der Waals surface area contributed by atoms with Crippen molar-refractivity contribution in [1.82, 2.24) is 35.5 Å². The Morgan fingerprint density at radius 2 is 2.10 bits per heavy atom. The monoisotopic (exact) mass is 446 g/mol. The van der Waals surface area contributed by atoms with Gasteiger partial charge >= 0.3 is 0 Å². The summed E-state index contributed by atoms with van der Waals surface area (Å²) in [6, 6.07) is 7.77. The molecule has 0 radical (unpaired) electrons. The lowest BCUT2D eigenvalue weighted by Crippen LogP contribution is -2.27. The summed E-state index contributed by atoms with van der Waals surface area (Å²) in [6.07, 6.45) is 3.25. The second kappa shape index (κ2) is 11.3. The van der Waals surface area contributed by atoms with Gasteiger partial charge < -0.3 is 20.4 Å². The van der Waals surface area contributed by atoms with Crippen molar-refractivity contribution in [2.24, 2.45) is 0 Å². The van der Waals surface area contributed by atoms with E-state index in [4.69, 9.17) is 16.3 Å². The number of aryl methyl sites for hydroxylation is 1. The number of rotatable bonds is 12. The van der Waals surface area contributed by atoms with Gasteiger partial charge in [0.05, 0.1) is 7.11 Å². The molecule has 2 heterocycles. The Hall–Kier alpha value is -3.14. The number of H-pyrrole nitrogens is 1. The van der Waals surface area contributed by atoms with Crippen LogP contribution in [-0.4, -0.2) is 56.3 Å². The first-order valence-corrected chi connectivity index (χ1v) is 10.6. The van der Waals surface area contributed by atoms with Crippen molar-refractivity contribution in [2.45, 2.75) is 39.2 Å². The van der Waals surface area contributed by atoms with E-state index in [1.54, 1.807) is 11.8 Å². The summed E-state index contributed by atoms with van der Waals surface area (Å²) in [4.78, 5) is 19.4. The molecule has 0 atom stereocenters. The molecular weight excluding hydrogens is 420 g/mol. The SMILES string of the molecule is CCCCNc1nc(Cl)[nH]c1C(=O)NCCCn1nnnc1Cc1ccccc1OC. The van der Waals surface area contributed by atoms with Crippen LogP contribution in [0.2, 0.25) is 5.28 Å². The number of tetrazole rings is 1. The summed E-state index contributed by atoms with van der Waals surface area (Å²) < 4.78 is 7.13. The van der Waals surface area contributed by atoms with Crippen LogP contribution in [0.5, 0.6) is 5.75 Å². The number of halogens is 1. The molecule has 0 saturated heterocycles. The van der Waals surface area contributed by atoms with Gasteiger partial charge in [-0.2, -0.15) is 0 Å². The van der Waals surface area contributed by atoms with Gasteiger partial charge in [-0.1, -0.05) is 31.5 Å². The molecule has 0 spiro atoms. The molecule has 11 heteroatoms. The summed E-state index contributed by atoms with van der Waals surface area (Å²) >= 11 is 5.94. The van der Waals surface area contributed by atoms with Crippen LogP contribution in [0, 0.1) is 0 Å². The summed E-state index contributed by atoms with van der Waals surface area (Å²) in [6.45, 7) is 3.85. The van der Waals surface area contributed by atoms with Crippen LogP contribution >= 0.6 is 11.6 Å². The number of nitrogens with zero attached hydrogens (tertiary/aromatic N) is 5. The average Bonchev–Trinajstić information content (AvgIpc) is 3.37. The number of aromatic amines is 1. The van der Waals surface area contributed by atoms with Crippen LogP contribution in [0.4, 0.5) is 5.82 Å². The highest BCUT2D eigenvalue weighted by molar-refractivity contribution is 6.28. The van der Waals surface area contributed by atoms with Gasteiger partial charge in [0.25, 0.3) is 5.91 Å². The number of hydrogen-bond acceptors (Lipinski definition) is 7. The maximum atomic E-state index is 12.5. The number of unbranched alkanes of at least 4 members (excludes halogenated alkanes) is 1. The number of anilines is 1. The van der Waals surface area contributed by atoms with E-state index in [9.17, 15) is 4.79 Å². The molecule has 0 unspecified atom stereocenters. The maximum absolute atomic E-state index is 12.5. The molecule has 0 saturated carbocycles. The van der Waals surface area contributed by atoms with Gasteiger partial charge in [-0.05, 0) is 40.9 Å². The largest absolute Gasteiger partial charge is 0.496 e. The van der Waals surface area contributed by atoms with Crippen LogP contribution in [0.15, 0.2) is 24.3 Å². The van der Waals surface area contributed by atoms with Gasteiger partial charge in [-0.3, -0.25) is 4.79 Å². The number of nitrogens with one attached hydrogen (secondary N) is 3. The van der Waals surface area contributed by atoms with Crippen LogP contribution in [0.25, 0.3) is 0 Å². The molecule has 0 aliphatic carbocycles. The van der Waals surface area contributed by atoms with E-state index in [1.165, 1.54) is 0 Å². The number of carbonyl (C=O) groups excluding carboxylic acids is 1. The highest BCUT2D eigenvalue weighted by Gasteiger charge is 2.16. The van der Waals surface area contributed by atoms with Crippen LogP contribution in [0.1, 0.15) is 48.1 Å². The third-order valence-electron chi connectivity index (χ3n) is 4.70. The molecule has 0 bridgehead atoms. The summed E-state index contributed by atoms with van der Waals surface area (Å²) in [5.74, 6) is 1.74. The van der Waals surface area contributed by atoms with Crippen molar-refractivity contribution in [1.29, 1.82) is 0 Å². The molecule has 0 aliphatic rings. The molecule has 3 aromatic rings. The third-order valence-corrected chi connectivity index (χ3v) is 4.88. The van der Waals surface area contributed by atoms with Gasteiger partial charge in [-0.15, -0.1) is 5.10 Å². The Labute approximate surface area is 185 Å². The second-order valence-corrected chi connectivity index (χ2v) is 7.31. The van der Waals surface area contributed by atoms with E-state index in [0.29, 0.717) is 37.4 Å². The minimum atomic E-state index is -0.260. The fraction of sp³-hybridized carbons (Fsp3) is 0.450. The van der Waals surface area contributed by atoms with Gasteiger partial charge in [0.15, 0.2) is 11.6 Å². The number of methoxy groups -OCH3 is 1. The maximum Gasteiger partial charge on any atom is 0.271 e. The molecule has 0 aliphatic heterocycles. The van der Waals surface area contributed by atoms with Gasteiger partial charge in [0, 0.05) is 31.6 Å². The standard InChI is InChI=1S/C20H27ClN8O2/c1-3-4-10-22-18-17(24-20(21)25-18)19(30)23-11-7-12-29-16(26-27-28-29)13-14-8-5-6-9-15(14)31-2/h5-6,8-9,22H,3-4,7,10-13H2,1-2H3,(H,23,30)(H,24,25). The van der Waals surface area contributed by atoms with E-state index in [2.05, 4.69) is 43.1 Å². The van der Waals surface area contributed by atoms with E-state index in [-0.39, 0.29) is 11.2 Å². The van der Waals surface area contributed by atoms with E-state index >= 15 is 0 Å². The molecule has 3 rings (SSSR count). The number of imidazole rings is 1. The number of hydrogen-bond donors (Lipinski definition) is 3. The summed E-state index contributed by atoms with van der Waals surface area (Å²) in [5.41, 5.74) is 1.34. The fourth-order valence-electron chi connectivity index (χ4n) is 3.08. The molecule has 0 fully saturated rings. The smallest absolute Gasteiger partial charge is 0.271 e. The van der Waals surface area contributed by atoms with Crippen LogP contribution in [-0.2, 0) is 13.0 Å². The Bertz CT molecular complexity index is 987. The van der Waals surface area contributed by atoms with Gasteiger partial charge in [0.2, 0.25) is 5.28 Å². The average molecular weight is 447 g/mol. The lowest BCUT2D eigenvalue weighted by molar-refractivity contribution is 0.0949. The number of para-hydroxylation sites is 1.